The van der Waals surface area contributed by atoms with Crippen LogP contribution < -0.4 is 5.32 Å². The van der Waals surface area contributed by atoms with Gasteiger partial charge in [-0.1, -0.05) is 31.2 Å². The zero-order chi connectivity index (χ0) is 21.6. The summed E-state index contributed by atoms with van der Waals surface area (Å²) in [5.74, 6) is 0.690. The van der Waals surface area contributed by atoms with E-state index in [-0.39, 0.29) is 11.8 Å². The van der Waals surface area contributed by atoms with E-state index in [1.54, 1.807) is 11.8 Å². The molecule has 1 N–H and O–H groups in total. The molecule has 1 aliphatic heterocycles. The standard InChI is InChI=1S/C24H29N3O2S2/c1-2-18-8-5-6-13-27(18)23(28)17-31-22-16-26(20-10-4-3-9-19(20)22)14-12-25-24(29)21-11-7-15-30-21/h3-4,7,9-11,15-16,18H,2,5-6,8,12-14,17H2,1H3,(H,25,29). The van der Waals surface area contributed by atoms with Crippen LogP contribution in [-0.4, -0.2) is 46.2 Å². The first-order valence-corrected chi connectivity index (χ1v) is 12.9. The first-order valence-electron chi connectivity index (χ1n) is 11.0. The summed E-state index contributed by atoms with van der Waals surface area (Å²) in [6, 6.07) is 12.4. The minimum Gasteiger partial charge on any atom is -0.350 e. The van der Waals surface area contributed by atoms with E-state index in [0.717, 1.165) is 46.5 Å². The number of nitrogens with zero attached hydrogens (tertiary/aromatic N) is 2. The molecule has 7 heteroatoms. The summed E-state index contributed by atoms with van der Waals surface area (Å²) in [5, 5.41) is 6.07. The number of amides is 2. The second-order valence-electron chi connectivity index (χ2n) is 7.87. The van der Waals surface area contributed by atoms with E-state index in [1.807, 2.05) is 29.6 Å². The lowest BCUT2D eigenvalue weighted by Gasteiger charge is -2.35. The summed E-state index contributed by atoms with van der Waals surface area (Å²) < 4.78 is 2.17. The third-order valence-electron chi connectivity index (χ3n) is 5.91. The Bertz CT molecular complexity index is 1030. The molecule has 5 nitrogen and oxygen atoms in total. The van der Waals surface area contributed by atoms with E-state index in [2.05, 4.69) is 40.0 Å². The minimum absolute atomic E-state index is 0.0290. The van der Waals surface area contributed by atoms with Crippen molar-refractivity contribution < 1.29 is 9.59 Å². The molecule has 2 amide bonds. The van der Waals surface area contributed by atoms with Crippen LogP contribution in [0.4, 0.5) is 0 Å². The van der Waals surface area contributed by atoms with Crippen molar-refractivity contribution in [1.29, 1.82) is 0 Å². The minimum atomic E-state index is -0.0290. The van der Waals surface area contributed by atoms with Gasteiger partial charge in [0.2, 0.25) is 5.91 Å². The highest BCUT2D eigenvalue weighted by molar-refractivity contribution is 8.00. The van der Waals surface area contributed by atoms with Gasteiger partial charge in [-0.3, -0.25) is 9.59 Å². The van der Waals surface area contributed by atoms with Crippen LogP contribution in [0.25, 0.3) is 10.9 Å². The fourth-order valence-corrected chi connectivity index (χ4v) is 5.89. The zero-order valence-electron chi connectivity index (χ0n) is 17.9. The first-order chi connectivity index (χ1) is 15.2. The van der Waals surface area contributed by atoms with Crippen LogP contribution >= 0.6 is 23.1 Å². The molecule has 1 aliphatic rings. The Hall–Kier alpha value is -2.25. The maximum absolute atomic E-state index is 12.9. The number of para-hydroxylation sites is 1. The van der Waals surface area contributed by atoms with Crippen molar-refractivity contribution in [2.45, 2.75) is 50.1 Å². The van der Waals surface area contributed by atoms with Crippen molar-refractivity contribution in [3.05, 3.63) is 52.9 Å². The first kappa shape index (κ1) is 22.0. The van der Waals surface area contributed by atoms with Crippen molar-refractivity contribution in [2.24, 2.45) is 0 Å². The number of hydrogen-bond donors (Lipinski definition) is 1. The summed E-state index contributed by atoms with van der Waals surface area (Å²) in [4.78, 5) is 29.0. The van der Waals surface area contributed by atoms with E-state index in [4.69, 9.17) is 0 Å². The molecular weight excluding hydrogens is 426 g/mol. The van der Waals surface area contributed by atoms with Crippen molar-refractivity contribution in [3.63, 3.8) is 0 Å². The molecule has 1 aromatic carbocycles. The van der Waals surface area contributed by atoms with Gasteiger partial charge in [-0.15, -0.1) is 23.1 Å². The highest BCUT2D eigenvalue weighted by Crippen LogP contribution is 2.31. The molecule has 31 heavy (non-hydrogen) atoms. The normalized spacial score (nSPS) is 16.5. The number of benzene rings is 1. The maximum Gasteiger partial charge on any atom is 0.261 e. The third-order valence-corrected chi connectivity index (χ3v) is 7.80. The van der Waals surface area contributed by atoms with Crippen LogP contribution in [0.15, 0.2) is 52.9 Å². The fourth-order valence-electron chi connectivity index (χ4n) is 4.27. The Kier molecular flexibility index (Phi) is 7.35. The summed E-state index contributed by atoms with van der Waals surface area (Å²) in [6.45, 7) is 4.32. The topological polar surface area (TPSA) is 54.3 Å². The largest absolute Gasteiger partial charge is 0.350 e. The lowest BCUT2D eigenvalue weighted by Crippen LogP contribution is -2.44. The molecular formula is C24H29N3O2S2. The van der Waals surface area contributed by atoms with E-state index in [9.17, 15) is 9.59 Å². The van der Waals surface area contributed by atoms with Crippen LogP contribution in [0.1, 0.15) is 42.3 Å². The van der Waals surface area contributed by atoms with Gasteiger partial charge in [-0.25, -0.2) is 0 Å². The van der Waals surface area contributed by atoms with Crippen molar-refractivity contribution in [1.82, 2.24) is 14.8 Å². The average Bonchev–Trinajstić information content (AvgIpc) is 3.46. The second-order valence-corrected chi connectivity index (χ2v) is 9.84. The van der Waals surface area contributed by atoms with Crippen LogP contribution in [0.3, 0.4) is 0 Å². The number of nitrogens with one attached hydrogen (secondary N) is 1. The molecule has 2 aromatic heterocycles. The molecule has 1 saturated heterocycles. The van der Waals surface area contributed by atoms with Crippen LogP contribution in [0.5, 0.6) is 0 Å². The summed E-state index contributed by atoms with van der Waals surface area (Å²) in [7, 11) is 0. The van der Waals surface area contributed by atoms with E-state index < -0.39 is 0 Å². The predicted octanol–water partition coefficient (Wildman–Crippen LogP) is 5.02. The summed E-state index contributed by atoms with van der Waals surface area (Å²) in [5.41, 5.74) is 1.13. The van der Waals surface area contributed by atoms with Crippen LogP contribution in [0.2, 0.25) is 0 Å². The van der Waals surface area contributed by atoms with Gasteiger partial charge < -0.3 is 14.8 Å². The maximum atomic E-state index is 12.9. The van der Waals surface area contributed by atoms with Gasteiger partial charge in [0.15, 0.2) is 0 Å². The quantitative estimate of drug-likeness (QED) is 0.486. The molecule has 1 fully saturated rings. The summed E-state index contributed by atoms with van der Waals surface area (Å²) in [6.07, 6.45) is 6.62. The lowest BCUT2D eigenvalue weighted by atomic mass is 10.0. The Morgan fingerprint density at radius 1 is 1.19 bits per heavy atom. The number of thioether (sulfide) groups is 1. The Balaban J connectivity index is 1.40. The van der Waals surface area contributed by atoms with Gasteiger partial charge in [0.1, 0.15) is 0 Å². The number of aromatic nitrogens is 1. The molecule has 3 heterocycles. The van der Waals surface area contributed by atoms with Gasteiger partial charge in [-0.05, 0) is 43.2 Å². The van der Waals surface area contributed by atoms with Gasteiger partial charge in [0.05, 0.1) is 10.6 Å². The number of likely N-dealkylation sites (tertiary alicyclic amines) is 1. The smallest absolute Gasteiger partial charge is 0.261 e. The highest BCUT2D eigenvalue weighted by atomic mass is 32.2. The molecule has 1 unspecified atom stereocenters. The number of carbonyl (C=O) groups is 2. The Morgan fingerprint density at radius 3 is 2.87 bits per heavy atom. The Morgan fingerprint density at radius 2 is 2.06 bits per heavy atom. The Labute approximate surface area is 191 Å². The molecule has 0 radical (unpaired) electrons. The zero-order valence-corrected chi connectivity index (χ0v) is 19.5. The van der Waals surface area contributed by atoms with Crippen LogP contribution in [-0.2, 0) is 11.3 Å². The number of thiophene rings is 1. The van der Waals surface area contributed by atoms with Crippen molar-refractivity contribution >= 4 is 45.8 Å². The molecule has 164 valence electrons. The SMILES string of the molecule is CCC1CCCCN1C(=O)CSc1cn(CCNC(=O)c2cccs2)c2ccccc12. The number of hydrogen-bond acceptors (Lipinski definition) is 4. The van der Waals surface area contributed by atoms with Gasteiger partial charge >= 0.3 is 0 Å². The fraction of sp³-hybridized carbons (Fsp3) is 0.417. The van der Waals surface area contributed by atoms with Gasteiger partial charge in [-0.2, -0.15) is 0 Å². The third kappa shape index (κ3) is 5.15. The number of rotatable bonds is 8. The molecule has 0 saturated carbocycles. The van der Waals surface area contributed by atoms with E-state index in [0.29, 0.717) is 24.9 Å². The number of fused-ring (bicyclic) bond motifs is 1. The molecule has 1 atom stereocenters. The van der Waals surface area contributed by atoms with Crippen LogP contribution in [0, 0.1) is 0 Å². The lowest BCUT2D eigenvalue weighted by molar-refractivity contribution is -0.132. The molecule has 3 aromatic rings. The molecule has 0 bridgehead atoms. The van der Waals surface area contributed by atoms with Crippen molar-refractivity contribution in [3.8, 4) is 0 Å². The van der Waals surface area contributed by atoms with E-state index in [1.165, 1.54) is 17.8 Å². The van der Waals surface area contributed by atoms with Gasteiger partial charge in [0.25, 0.3) is 5.91 Å². The molecule has 4 rings (SSSR count). The monoisotopic (exact) mass is 455 g/mol. The van der Waals surface area contributed by atoms with Crippen molar-refractivity contribution in [2.75, 3.05) is 18.8 Å². The molecule has 0 aliphatic carbocycles. The number of carbonyl (C=O) groups excluding carboxylic acids is 2. The highest BCUT2D eigenvalue weighted by Gasteiger charge is 2.25. The molecule has 0 spiro atoms. The summed E-state index contributed by atoms with van der Waals surface area (Å²) >= 11 is 3.07. The predicted molar refractivity (Wildman–Crippen MR) is 129 cm³/mol. The van der Waals surface area contributed by atoms with Gasteiger partial charge in [0, 0.05) is 47.7 Å². The average molecular weight is 456 g/mol. The second kappa shape index (κ2) is 10.4. The van der Waals surface area contributed by atoms with E-state index >= 15 is 0 Å². The number of piperidine rings is 1.